The fourth-order valence-electron chi connectivity index (χ4n) is 3.74. The summed E-state index contributed by atoms with van der Waals surface area (Å²) in [5.41, 5.74) is 0.825. The maximum absolute atomic E-state index is 5.13. The van der Waals surface area contributed by atoms with Crippen LogP contribution < -0.4 is 9.80 Å². The average Bonchev–Trinajstić information content (AvgIpc) is 3.03. The first-order valence-electron chi connectivity index (χ1n) is 9.74. The second-order valence-electron chi connectivity index (χ2n) is 7.58. The molecule has 0 spiro atoms. The Morgan fingerprint density at radius 1 is 1.18 bits per heavy atom. The highest BCUT2D eigenvalue weighted by Gasteiger charge is 2.32. The lowest BCUT2D eigenvalue weighted by Gasteiger charge is -2.45. The molecule has 1 aliphatic carbocycles. The van der Waals surface area contributed by atoms with Gasteiger partial charge in [0.25, 0.3) is 0 Å². The molecular formula is C19H24N8O. The van der Waals surface area contributed by atoms with E-state index < -0.39 is 0 Å². The predicted octanol–water partition coefficient (Wildman–Crippen LogP) is 1.65. The van der Waals surface area contributed by atoms with Gasteiger partial charge in [0, 0.05) is 39.4 Å². The predicted molar refractivity (Wildman–Crippen MR) is 105 cm³/mol. The molecule has 1 saturated carbocycles. The number of anilines is 2. The van der Waals surface area contributed by atoms with E-state index in [1.165, 1.54) is 19.3 Å². The first-order valence-corrected chi connectivity index (χ1v) is 9.74. The smallest absolute Gasteiger partial charge is 0.178 e. The van der Waals surface area contributed by atoms with Crippen LogP contribution in [-0.4, -0.2) is 63.1 Å². The summed E-state index contributed by atoms with van der Waals surface area (Å²) in [5.74, 6) is 4.10. The van der Waals surface area contributed by atoms with E-state index in [1.807, 2.05) is 22.7 Å². The van der Waals surface area contributed by atoms with Crippen molar-refractivity contribution in [3.63, 3.8) is 0 Å². The highest BCUT2D eigenvalue weighted by atomic mass is 16.5. The van der Waals surface area contributed by atoms with Crippen molar-refractivity contribution in [3.8, 4) is 0 Å². The van der Waals surface area contributed by atoms with Crippen LogP contribution in [0.3, 0.4) is 0 Å². The SMILES string of the molecule is COCc1nccc(N(C)C2CN(c3ccc4nnc(C5CCC5)n4n3)C2)n1. The minimum Gasteiger partial charge on any atom is -0.377 e. The third kappa shape index (κ3) is 2.95. The maximum atomic E-state index is 5.13. The first kappa shape index (κ1) is 17.3. The summed E-state index contributed by atoms with van der Waals surface area (Å²) in [6.07, 6.45) is 5.43. The molecule has 0 radical (unpaired) electrons. The Balaban J connectivity index is 1.29. The Kier molecular flexibility index (Phi) is 4.31. The van der Waals surface area contributed by atoms with Gasteiger partial charge in [-0.25, -0.2) is 9.97 Å². The summed E-state index contributed by atoms with van der Waals surface area (Å²) >= 11 is 0. The van der Waals surface area contributed by atoms with Gasteiger partial charge in [0.1, 0.15) is 18.2 Å². The lowest BCUT2D eigenvalue weighted by atomic mass is 9.85. The Bertz CT molecular complexity index is 979. The van der Waals surface area contributed by atoms with Gasteiger partial charge in [-0.15, -0.1) is 15.3 Å². The molecule has 0 atom stereocenters. The number of nitrogens with zero attached hydrogens (tertiary/aromatic N) is 8. The van der Waals surface area contributed by atoms with Crippen molar-refractivity contribution < 1.29 is 4.74 Å². The molecule has 146 valence electrons. The third-order valence-corrected chi connectivity index (χ3v) is 5.80. The first-order chi connectivity index (χ1) is 13.7. The second-order valence-corrected chi connectivity index (χ2v) is 7.58. The third-order valence-electron chi connectivity index (χ3n) is 5.80. The molecule has 1 saturated heterocycles. The number of aromatic nitrogens is 6. The van der Waals surface area contributed by atoms with Gasteiger partial charge < -0.3 is 14.5 Å². The molecular weight excluding hydrogens is 356 g/mol. The van der Waals surface area contributed by atoms with Crippen molar-refractivity contribution in [2.45, 2.75) is 37.8 Å². The van der Waals surface area contributed by atoms with Crippen LogP contribution in [0.2, 0.25) is 0 Å². The number of fused-ring (bicyclic) bond motifs is 1. The zero-order valence-electron chi connectivity index (χ0n) is 16.2. The van der Waals surface area contributed by atoms with Gasteiger partial charge in [0.15, 0.2) is 17.3 Å². The van der Waals surface area contributed by atoms with Crippen molar-refractivity contribution in [2.75, 3.05) is 37.0 Å². The number of rotatable bonds is 6. The molecule has 4 heterocycles. The number of methoxy groups -OCH3 is 1. The van der Waals surface area contributed by atoms with Crippen molar-refractivity contribution in [1.29, 1.82) is 0 Å². The number of hydrogen-bond donors (Lipinski definition) is 0. The highest BCUT2D eigenvalue weighted by Crippen LogP contribution is 2.35. The quantitative estimate of drug-likeness (QED) is 0.638. The molecule has 0 unspecified atom stereocenters. The zero-order chi connectivity index (χ0) is 19.1. The van der Waals surface area contributed by atoms with Gasteiger partial charge in [0.2, 0.25) is 0 Å². The van der Waals surface area contributed by atoms with E-state index in [0.717, 1.165) is 36.2 Å². The zero-order valence-corrected chi connectivity index (χ0v) is 16.2. The minimum atomic E-state index is 0.384. The molecule has 0 N–H and O–H groups in total. The fourth-order valence-corrected chi connectivity index (χ4v) is 3.74. The van der Waals surface area contributed by atoms with E-state index in [0.29, 0.717) is 24.4 Å². The molecule has 0 amide bonds. The van der Waals surface area contributed by atoms with Gasteiger partial charge in [-0.3, -0.25) is 0 Å². The fraction of sp³-hybridized carbons (Fsp3) is 0.526. The Labute approximate surface area is 163 Å². The van der Waals surface area contributed by atoms with Crippen LogP contribution in [0.4, 0.5) is 11.6 Å². The minimum absolute atomic E-state index is 0.384. The summed E-state index contributed by atoms with van der Waals surface area (Å²) in [4.78, 5) is 13.3. The van der Waals surface area contributed by atoms with E-state index in [-0.39, 0.29) is 0 Å². The van der Waals surface area contributed by atoms with E-state index >= 15 is 0 Å². The monoisotopic (exact) mass is 380 g/mol. The maximum Gasteiger partial charge on any atom is 0.178 e. The van der Waals surface area contributed by atoms with E-state index in [9.17, 15) is 0 Å². The van der Waals surface area contributed by atoms with Gasteiger partial charge >= 0.3 is 0 Å². The Morgan fingerprint density at radius 3 is 2.79 bits per heavy atom. The molecule has 28 heavy (non-hydrogen) atoms. The van der Waals surface area contributed by atoms with Crippen molar-refractivity contribution in [2.24, 2.45) is 0 Å². The average molecular weight is 380 g/mol. The summed E-state index contributed by atoms with van der Waals surface area (Å²) in [6.45, 7) is 2.23. The molecule has 0 bridgehead atoms. The molecule has 3 aromatic heterocycles. The van der Waals surface area contributed by atoms with Crippen LogP contribution in [0.1, 0.15) is 36.8 Å². The largest absolute Gasteiger partial charge is 0.377 e. The molecule has 0 aromatic carbocycles. The van der Waals surface area contributed by atoms with Crippen LogP contribution in [0.15, 0.2) is 24.4 Å². The van der Waals surface area contributed by atoms with Crippen LogP contribution >= 0.6 is 0 Å². The number of ether oxygens (including phenoxy) is 1. The summed E-state index contributed by atoms with van der Waals surface area (Å²) < 4.78 is 7.06. The molecule has 5 rings (SSSR count). The Hall–Kier alpha value is -2.81. The van der Waals surface area contributed by atoms with Gasteiger partial charge in [-0.05, 0) is 31.0 Å². The normalized spacial score (nSPS) is 17.6. The highest BCUT2D eigenvalue weighted by molar-refractivity contribution is 5.50. The molecule has 9 heteroatoms. The van der Waals surface area contributed by atoms with Crippen molar-refractivity contribution in [1.82, 2.24) is 29.8 Å². The summed E-state index contributed by atoms with van der Waals surface area (Å²) in [5, 5.41) is 13.5. The van der Waals surface area contributed by atoms with Gasteiger partial charge in [-0.2, -0.15) is 4.52 Å². The number of hydrogen-bond acceptors (Lipinski definition) is 8. The van der Waals surface area contributed by atoms with Crippen LogP contribution in [0, 0.1) is 0 Å². The topological polar surface area (TPSA) is 84.6 Å². The summed E-state index contributed by atoms with van der Waals surface area (Å²) in [6, 6.07) is 6.37. The lowest BCUT2D eigenvalue weighted by Crippen LogP contribution is -2.59. The second kappa shape index (κ2) is 6.97. The number of likely N-dealkylation sites (N-methyl/N-ethyl adjacent to an activating group) is 1. The molecule has 9 nitrogen and oxygen atoms in total. The van der Waals surface area contributed by atoms with E-state index in [2.05, 4.69) is 37.0 Å². The molecule has 2 aliphatic rings. The van der Waals surface area contributed by atoms with Crippen LogP contribution in [0.25, 0.3) is 5.65 Å². The van der Waals surface area contributed by atoms with Crippen molar-refractivity contribution >= 4 is 17.3 Å². The standard InChI is InChI=1S/C19H24N8O/c1-25(16-8-9-20-15(21-16)12-28-2)14-10-26(11-14)18-7-6-17-22-23-19(27(17)24-18)13-4-3-5-13/h6-9,13-14H,3-5,10-12H2,1-2H3. The van der Waals surface area contributed by atoms with E-state index in [4.69, 9.17) is 9.84 Å². The molecule has 2 fully saturated rings. The van der Waals surface area contributed by atoms with Crippen LogP contribution in [-0.2, 0) is 11.3 Å². The van der Waals surface area contributed by atoms with Gasteiger partial charge in [0.05, 0.1) is 6.04 Å². The van der Waals surface area contributed by atoms with Crippen LogP contribution in [0.5, 0.6) is 0 Å². The molecule has 1 aliphatic heterocycles. The van der Waals surface area contributed by atoms with Gasteiger partial charge in [-0.1, -0.05) is 6.42 Å². The van der Waals surface area contributed by atoms with Crippen molar-refractivity contribution in [3.05, 3.63) is 36.0 Å². The Morgan fingerprint density at radius 2 is 2.04 bits per heavy atom. The lowest BCUT2D eigenvalue weighted by molar-refractivity contribution is 0.178. The molecule has 3 aromatic rings. The summed E-state index contributed by atoms with van der Waals surface area (Å²) in [7, 11) is 3.73. The van der Waals surface area contributed by atoms with E-state index in [1.54, 1.807) is 13.3 Å².